The fraction of sp³-hybridized carbons (Fsp3) is 0.320. The molecule has 0 aliphatic rings. The Kier molecular flexibility index (Phi) is 7.62. The van der Waals surface area contributed by atoms with Gasteiger partial charge in [0, 0.05) is 30.5 Å². The minimum Gasteiger partial charge on any atom is -0.497 e. The number of rotatable bonds is 9. The van der Waals surface area contributed by atoms with E-state index in [1.165, 1.54) is 12.1 Å². The van der Waals surface area contributed by atoms with Crippen molar-refractivity contribution in [3.05, 3.63) is 89.2 Å². The van der Waals surface area contributed by atoms with E-state index in [1.54, 1.807) is 12.0 Å². The first-order chi connectivity index (χ1) is 15.3. The minimum atomic E-state index is -4.49. The number of carbonyl (C=O) groups is 1. The summed E-state index contributed by atoms with van der Waals surface area (Å²) in [5.74, 6) is 0.360. The predicted octanol–water partition coefficient (Wildman–Crippen LogP) is 6.01. The van der Waals surface area contributed by atoms with Crippen LogP contribution in [0.5, 0.6) is 5.75 Å². The van der Waals surface area contributed by atoms with Crippen LogP contribution in [-0.2, 0) is 19.3 Å². The van der Waals surface area contributed by atoms with Gasteiger partial charge in [-0.1, -0.05) is 31.5 Å². The number of unbranched alkanes of at least 4 members (excludes halogenated alkanes) is 1. The molecule has 1 aromatic heterocycles. The molecule has 0 bridgehead atoms. The lowest BCUT2D eigenvalue weighted by molar-refractivity contribution is -0.137. The second-order valence-electron chi connectivity index (χ2n) is 7.64. The van der Waals surface area contributed by atoms with Gasteiger partial charge in [-0.2, -0.15) is 13.2 Å². The zero-order valence-corrected chi connectivity index (χ0v) is 18.2. The van der Waals surface area contributed by atoms with Crippen molar-refractivity contribution in [1.82, 2.24) is 9.47 Å². The number of methoxy groups -OCH3 is 1. The number of halogens is 3. The van der Waals surface area contributed by atoms with Gasteiger partial charge in [0.1, 0.15) is 5.75 Å². The molecule has 0 saturated carbocycles. The summed E-state index contributed by atoms with van der Waals surface area (Å²) in [4.78, 5) is 14.8. The molecule has 4 nitrogen and oxygen atoms in total. The van der Waals surface area contributed by atoms with E-state index in [1.807, 2.05) is 54.1 Å². The van der Waals surface area contributed by atoms with E-state index in [9.17, 15) is 18.0 Å². The molecule has 0 N–H and O–H groups in total. The average Bonchev–Trinajstić information content (AvgIpc) is 3.22. The highest BCUT2D eigenvalue weighted by Crippen LogP contribution is 2.30. The van der Waals surface area contributed by atoms with E-state index >= 15 is 0 Å². The molecule has 3 rings (SSSR count). The number of alkyl halides is 3. The van der Waals surface area contributed by atoms with Crippen molar-refractivity contribution in [2.24, 2.45) is 0 Å². The second kappa shape index (κ2) is 10.4. The van der Waals surface area contributed by atoms with Crippen LogP contribution < -0.4 is 4.74 Å². The molecule has 0 spiro atoms. The van der Waals surface area contributed by atoms with Gasteiger partial charge in [0.15, 0.2) is 0 Å². The normalized spacial score (nSPS) is 11.4. The molecule has 32 heavy (non-hydrogen) atoms. The van der Waals surface area contributed by atoms with Crippen molar-refractivity contribution >= 4 is 5.91 Å². The Hall–Kier alpha value is -3.22. The SMILES string of the molecule is CCCCN(Cc1cccn1Cc1cccc(OC)c1)C(=O)c1cccc(C(F)(F)F)c1. The smallest absolute Gasteiger partial charge is 0.416 e. The van der Waals surface area contributed by atoms with E-state index in [0.717, 1.165) is 42.0 Å². The highest BCUT2D eigenvalue weighted by Gasteiger charge is 2.31. The van der Waals surface area contributed by atoms with Gasteiger partial charge in [0.2, 0.25) is 0 Å². The van der Waals surface area contributed by atoms with Gasteiger partial charge in [-0.25, -0.2) is 0 Å². The molecule has 0 aliphatic carbocycles. The Labute approximate surface area is 186 Å². The van der Waals surface area contributed by atoms with Crippen LogP contribution >= 0.6 is 0 Å². The van der Waals surface area contributed by atoms with Gasteiger partial charge < -0.3 is 14.2 Å². The standard InChI is InChI=1S/C25H27F3N2O2/c1-3-4-13-30(24(31)20-9-6-10-21(16-20)25(26,27)28)18-22-11-7-14-29(22)17-19-8-5-12-23(15-19)32-2/h5-12,14-16H,3-4,13,17-18H2,1-2H3. The minimum absolute atomic E-state index is 0.0434. The maximum absolute atomic E-state index is 13.1. The van der Waals surface area contributed by atoms with Crippen LogP contribution in [0.3, 0.4) is 0 Å². The Bertz CT molecular complexity index is 1040. The van der Waals surface area contributed by atoms with Crippen LogP contribution in [0.15, 0.2) is 66.9 Å². The van der Waals surface area contributed by atoms with Gasteiger partial charge in [0.05, 0.1) is 19.2 Å². The monoisotopic (exact) mass is 444 g/mol. The Morgan fingerprint density at radius 1 is 1.06 bits per heavy atom. The van der Waals surface area contributed by atoms with Crippen molar-refractivity contribution in [2.75, 3.05) is 13.7 Å². The number of carbonyl (C=O) groups excluding carboxylic acids is 1. The van der Waals surface area contributed by atoms with Crippen LogP contribution in [0.2, 0.25) is 0 Å². The van der Waals surface area contributed by atoms with Crippen molar-refractivity contribution in [2.45, 2.75) is 39.0 Å². The van der Waals surface area contributed by atoms with Crippen molar-refractivity contribution in [3.8, 4) is 5.75 Å². The lowest BCUT2D eigenvalue weighted by Gasteiger charge is -2.24. The molecule has 0 unspecified atom stereocenters. The number of nitrogens with zero attached hydrogens (tertiary/aromatic N) is 2. The molecule has 0 atom stereocenters. The number of hydrogen-bond acceptors (Lipinski definition) is 2. The summed E-state index contributed by atoms with van der Waals surface area (Å²) in [5.41, 5.74) is 1.18. The first kappa shape index (κ1) is 23.4. The van der Waals surface area contributed by atoms with Gasteiger partial charge in [-0.3, -0.25) is 4.79 Å². The Balaban J connectivity index is 1.82. The number of ether oxygens (including phenoxy) is 1. The molecule has 0 fully saturated rings. The predicted molar refractivity (Wildman–Crippen MR) is 118 cm³/mol. The van der Waals surface area contributed by atoms with Crippen LogP contribution in [0.4, 0.5) is 13.2 Å². The molecular formula is C25H27F3N2O2. The summed E-state index contributed by atoms with van der Waals surface area (Å²) in [6, 6.07) is 16.2. The van der Waals surface area contributed by atoms with E-state index in [0.29, 0.717) is 19.6 Å². The summed E-state index contributed by atoms with van der Waals surface area (Å²) >= 11 is 0. The molecule has 0 radical (unpaired) electrons. The molecule has 1 heterocycles. The highest BCUT2D eigenvalue weighted by molar-refractivity contribution is 5.94. The number of amides is 1. The lowest BCUT2D eigenvalue weighted by atomic mass is 10.1. The highest BCUT2D eigenvalue weighted by atomic mass is 19.4. The van der Waals surface area contributed by atoms with Gasteiger partial charge >= 0.3 is 6.18 Å². The zero-order chi connectivity index (χ0) is 23.1. The molecule has 170 valence electrons. The Morgan fingerprint density at radius 2 is 1.84 bits per heavy atom. The summed E-state index contributed by atoms with van der Waals surface area (Å²) in [7, 11) is 1.62. The van der Waals surface area contributed by atoms with Gasteiger partial charge in [-0.15, -0.1) is 0 Å². The van der Waals surface area contributed by atoms with Crippen molar-refractivity contribution in [1.29, 1.82) is 0 Å². The number of hydrogen-bond donors (Lipinski definition) is 0. The summed E-state index contributed by atoms with van der Waals surface area (Å²) in [6.45, 7) is 3.39. The molecule has 0 saturated heterocycles. The van der Waals surface area contributed by atoms with Gasteiger partial charge in [-0.05, 0) is 54.4 Å². The van der Waals surface area contributed by atoms with Gasteiger partial charge in [0.25, 0.3) is 5.91 Å². The second-order valence-corrected chi connectivity index (χ2v) is 7.64. The number of aromatic nitrogens is 1. The van der Waals surface area contributed by atoms with Crippen LogP contribution in [0.25, 0.3) is 0 Å². The topological polar surface area (TPSA) is 34.5 Å². The quantitative estimate of drug-likeness (QED) is 0.405. The summed E-state index contributed by atoms with van der Waals surface area (Å²) < 4.78 is 46.7. The molecular weight excluding hydrogens is 417 g/mol. The van der Waals surface area contributed by atoms with E-state index in [4.69, 9.17) is 4.74 Å². The summed E-state index contributed by atoms with van der Waals surface area (Å²) in [6.07, 6.45) is -0.921. The van der Waals surface area contributed by atoms with Crippen molar-refractivity contribution < 1.29 is 22.7 Å². The molecule has 0 aliphatic heterocycles. The van der Waals surface area contributed by atoms with Crippen LogP contribution in [0, 0.1) is 0 Å². The molecule has 2 aromatic carbocycles. The molecule has 1 amide bonds. The molecule has 7 heteroatoms. The van der Waals surface area contributed by atoms with Crippen LogP contribution in [-0.4, -0.2) is 29.0 Å². The zero-order valence-electron chi connectivity index (χ0n) is 18.2. The van der Waals surface area contributed by atoms with Crippen molar-refractivity contribution in [3.63, 3.8) is 0 Å². The fourth-order valence-electron chi connectivity index (χ4n) is 3.52. The third-order valence-corrected chi connectivity index (χ3v) is 5.27. The maximum atomic E-state index is 13.1. The average molecular weight is 444 g/mol. The fourth-order valence-corrected chi connectivity index (χ4v) is 3.52. The third-order valence-electron chi connectivity index (χ3n) is 5.27. The molecule has 3 aromatic rings. The van der Waals surface area contributed by atoms with Crippen LogP contribution in [0.1, 0.15) is 46.9 Å². The van der Waals surface area contributed by atoms with E-state index in [-0.39, 0.29) is 5.56 Å². The Morgan fingerprint density at radius 3 is 2.56 bits per heavy atom. The lowest BCUT2D eigenvalue weighted by Crippen LogP contribution is -2.32. The largest absolute Gasteiger partial charge is 0.497 e. The maximum Gasteiger partial charge on any atom is 0.416 e. The van der Waals surface area contributed by atoms with E-state index in [2.05, 4.69) is 0 Å². The third kappa shape index (κ3) is 5.93. The first-order valence-corrected chi connectivity index (χ1v) is 10.5. The van der Waals surface area contributed by atoms with E-state index < -0.39 is 17.6 Å². The summed E-state index contributed by atoms with van der Waals surface area (Å²) in [5, 5.41) is 0. The first-order valence-electron chi connectivity index (χ1n) is 10.5. The number of benzene rings is 2.